The molecule has 2 saturated heterocycles. The number of guanidine groups is 1. The standard InChI is InChI=1S/C27H35ClN6O2/c1-20-12-17-33(27(31-19-29)30-13-4-6-24(35)32-14-2-3-15-32)18-23(34-16-5-7-25(34)36)26(20)21-8-10-22(28)11-9-21/h8-11,23H,2-7,12-18H2,1H3,(H,30,31). The van der Waals surface area contributed by atoms with Gasteiger partial charge >= 0.3 is 0 Å². The van der Waals surface area contributed by atoms with Crippen LogP contribution >= 0.6 is 11.6 Å². The Balaban J connectivity index is 1.52. The van der Waals surface area contributed by atoms with Gasteiger partial charge in [-0.1, -0.05) is 29.3 Å². The summed E-state index contributed by atoms with van der Waals surface area (Å²) in [6.07, 6.45) is 7.51. The fraction of sp³-hybridized carbons (Fsp3) is 0.556. The van der Waals surface area contributed by atoms with Crippen molar-refractivity contribution in [2.24, 2.45) is 4.99 Å². The SMILES string of the molecule is CC1=C(c2ccc(Cl)cc2)C(N2CCCC2=O)CN(C(=NCCCC(=O)N2CCCC2)NC#N)CC1. The van der Waals surface area contributed by atoms with Crippen molar-refractivity contribution in [1.82, 2.24) is 20.0 Å². The highest BCUT2D eigenvalue weighted by atomic mass is 35.5. The first kappa shape index (κ1) is 26.0. The number of nitriles is 1. The average molecular weight is 511 g/mol. The second kappa shape index (κ2) is 12.3. The summed E-state index contributed by atoms with van der Waals surface area (Å²) in [5, 5.41) is 12.9. The molecule has 3 aliphatic heterocycles. The summed E-state index contributed by atoms with van der Waals surface area (Å²) in [4.78, 5) is 35.9. The second-order valence-electron chi connectivity index (χ2n) is 9.74. The molecule has 1 unspecified atom stereocenters. The number of nitrogens with zero attached hydrogens (tertiary/aromatic N) is 5. The van der Waals surface area contributed by atoms with Crippen molar-refractivity contribution < 1.29 is 9.59 Å². The molecule has 2 fully saturated rings. The number of halogens is 1. The van der Waals surface area contributed by atoms with Gasteiger partial charge in [-0.15, -0.1) is 0 Å². The Morgan fingerprint density at radius 3 is 2.53 bits per heavy atom. The zero-order valence-corrected chi connectivity index (χ0v) is 21.8. The fourth-order valence-corrected chi connectivity index (χ4v) is 5.56. The Morgan fingerprint density at radius 1 is 1.11 bits per heavy atom. The first-order valence-corrected chi connectivity index (χ1v) is 13.3. The highest BCUT2D eigenvalue weighted by Crippen LogP contribution is 2.33. The van der Waals surface area contributed by atoms with Gasteiger partial charge in [0.15, 0.2) is 6.19 Å². The molecule has 3 aliphatic rings. The lowest BCUT2D eigenvalue weighted by molar-refractivity contribution is -0.130. The fourth-order valence-electron chi connectivity index (χ4n) is 5.44. The van der Waals surface area contributed by atoms with Gasteiger partial charge in [-0.05, 0) is 62.3 Å². The van der Waals surface area contributed by atoms with Crippen molar-refractivity contribution >= 4 is 34.9 Å². The van der Waals surface area contributed by atoms with Crippen LogP contribution in [0.15, 0.2) is 34.8 Å². The monoisotopic (exact) mass is 510 g/mol. The van der Waals surface area contributed by atoms with E-state index in [1.807, 2.05) is 40.3 Å². The molecular formula is C27H35ClN6O2. The van der Waals surface area contributed by atoms with Gasteiger partial charge in [-0.2, -0.15) is 5.26 Å². The van der Waals surface area contributed by atoms with Crippen LogP contribution in [0, 0.1) is 11.5 Å². The van der Waals surface area contributed by atoms with Gasteiger partial charge in [-0.3, -0.25) is 19.9 Å². The maximum absolute atomic E-state index is 12.8. The minimum absolute atomic E-state index is 0.147. The normalized spacial score (nSPS) is 21.1. The molecule has 3 heterocycles. The Bertz CT molecular complexity index is 1060. The molecular weight excluding hydrogens is 476 g/mol. The largest absolute Gasteiger partial charge is 0.343 e. The third-order valence-corrected chi connectivity index (χ3v) is 7.57. The van der Waals surface area contributed by atoms with E-state index in [1.165, 1.54) is 5.57 Å². The van der Waals surface area contributed by atoms with Gasteiger partial charge in [0.2, 0.25) is 17.8 Å². The lowest BCUT2D eigenvalue weighted by Gasteiger charge is -2.34. The van der Waals surface area contributed by atoms with E-state index < -0.39 is 0 Å². The number of carbonyl (C=O) groups excluding carboxylic acids is 2. The number of aliphatic imine (C=N–C) groups is 1. The highest BCUT2D eigenvalue weighted by molar-refractivity contribution is 6.30. The van der Waals surface area contributed by atoms with E-state index in [1.54, 1.807) is 0 Å². The van der Waals surface area contributed by atoms with Crippen molar-refractivity contribution in [1.29, 1.82) is 5.26 Å². The molecule has 0 spiro atoms. The van der Waals surface area contributed by atoms with Crippen LogP contribution < -0.4 is 5.32 Å². The summed E-state index contributed by atoms with van der Waals surface area (Å²) in [6.45, 7) is 6.25. The molecule has 1 N–H and O–H groups in total. The van der Waals surface area contributed by atoms with Gasteiger partial charge in [0.05, 0.1) is 6.04 Å². The van der Waals surface area contributed by atoms with E-state index in [-0.39, 0.29) is 17.9 Å². The van der Waals surface area contributed by atoms with Crippen LogP contribution in [0.2, 0.25) is 5.02 Å². The van der Waals surface area contributed by atoms with Crippen LogP contribution in [-0.2, 0) is 9.59 Å². The van der Waals surface area contributed by atoms with E-state index in [0.29, 0.717) is 49.9 Å². The molecule has 0 bridgehead atoms. The Labute approximate surface area is 218 Å². The van der Waals surface area contributed by atoms with Gasteiger partial charge in [0.25, 0.3) is 0 Å². The second-order valence-corrected chi connectivity index (χ2v) is 10.2. The summed E-state index contributed by atoms with van der Waals surface area (Å²) in [6, 6.07) is 7.66. The molecule has 0 radical (unpaired) electrons. The van der Waals surface area contributed by atoms with Crippen LogP contribution in [0.5, 0.6) is 0 Å². The third-order valence-electron chi connectivity index (χ3n) is 7.32. The number of likely N-dealkylation sites (tertiary alicyclic amines) is 2. The number of carbonyl (C=O) groups is 2. The molecule has 192 valence electrons. The number of hydrogen-bond donors (Lipinski definition) is 1. The van der Waals surface area contributed by atoms with Crippen molar-refractivity contribution in [3.8, 4) is 6.19 Å². The highest BCUT2D eigenvalue weighted by Gasteiger charge is 2.35. The van der Waals surface area contributed by atoms with E-state index >= 15 is 0 Å². The molecule has 2 amide bonds. The molecule has 1 aromatic carbocycles. The van der Waals surface area contributed by atoms with Crippen molar-refractivity contribution in [3.63, 3.8) is 0 Å². The summed E-state index contributed by atoms with van der Waals surface area (Å²) >= 11 is 6.15. The molecule has 1 atom stereocenters. The van der Waals surface area contributed by atoms with Crippen LogP contribution in [0.1, 0.15) is 57.4 Å². The Kier molecular flexibility index (Phi) is 8.87. The predicted molar refractivity (Wildman–Crippen MR) is 141 cm³/mol. The maximum Gasteiger partial charge on any atom is 0.223 e. The molecule has 1 aromatic rings. The molecule has 8 nitrogen and oxygen atoms in total. The molecule has 4 rings (SSSR count). The van der Waals surface area contributed by atoms with E-state index in [4.69, 9.17) is 16.6 Å². The summed E-state index contributed by atoms with van der Waals surface area (Å²) < 4.78 is 0. The maximum atomic E-state index is 12.8. The number of rotatable bonds is 6. The zero-order valence-electron chi connectivity index (χ0n) is 21.0. The lowest BCUT2D eigenvalue weighted by Crippen LogP contribution is -2.49. The zero-order chi connectivity index (χ0) is 25.5. The van der Waals surface area contributed by atoms with Crippen LogP contribution in [0.4, 0.5) is 0 Å². The molecule has 0 saturated carbocycles. The third kappa shape index (κ3) is 6.19. The van der Waals surface area contributed by atoms with Crippen molar-refractivity contribution in [2.45, 2.75) is 57.9 Å². The Hall–Kier alpha value is -3.05. The van der Waals surface area contributed by atoms with Crippen molar-refractivity contribution in [2.75, 3.05) is 39.3 Å². The number of amides is 2. The minimum Gasteiger partial charge on any atom is -0.343 e. The summed E-state index contributed by atoms with van der Waals surface area (Å²) in [7, 11) is 0. The Morgan fingerprint density at radius 2 is 1.86 bits per heavy atom. The smallest absolute Gasteiger partial charge is 0.223 e. The number of nitrogens with one attached hydrogen (secondary N) is 1. The molecule has 0 aliphatic carbocycles. The minimum atomic E-state index is -0.147. The van der Waals surface area contributed by atoms with Gasteiger partial charge < -0.3 is 14.7 Å². The van der Waals surface area contributed by atoms with Gasteiger partial charge in [0, 0.05) is 57.1 Å². The van der Waals surface area contributed by atoms with E-state index in [9.17, 15) is 14.9 Å². The average Bonchev–Trinajstić information content (AvgIpc) is 3.53. The lowest BCUT2D eigenvalue weighted by atomic mass is 9.92. The van der Waals surface area contributed by atoms with Gasteiger partial charge in [0.1, 0.15) is 0 Å². The quantitative estimate of drug-likeness (QED) is 0.207. The number of benzene rings is 1. The first-order chi connectivity index (χ1) is 17.5. The summed E-state index contributed by atoms with van der Waals surface area (Å²) in [5.74, 6) is 0.855. The first-order valence-electron chi connectivity index (χ1n) is 12.9. The van der Waals surface area contributed by atoms with E-state index in [2.05, 4.69) is 17.1 Å². The molecule has 0 aromatic heterocycles. The van der Waals surface area contributed by atoms with Crippen LogP contribution in [0.3, 0.4) is 0 Å². The predicted octanol–water partition coefficient (Wildman–Crippen LogP) is 3.64. The molecule has 9 heteroatoms. The van der Waals surface area contributed by atoms with E-state index in [0.717, 1.165) is 56.5 Å². The summed E-state index contributed by atoms with van der Waals surface area (Å²) in [5.41, 5.74) is 3.43. The molecule has 36 heavy (non-hydrogen) atoms. The number of hydrogen-bond acceptors (Lipinski definition) is 4. The van der Waals surface area contributed by atoms with Crippen LogP contribution in [0.25, 0.3) is 5.57 Å². The van der Waals surface area contributed by atoms with Crippen molar-refractivity contribution in [3.05, 3.63) is 40.4 Å². The van der Waals surface area contributed by atoms with Crippen LogP contribution in [-0.4, -0.2) is 77.8 Å². The topological polar surface area (TPSA) is 92.0 Å². The van der Waals surface area contributed by atoms with Gasteiger partial charge in [-0.25, -0.2) is 0 Å².